The lowest BCUT2D eigenvalue weighted by molar-refractivity contribution is -0.143. The summed E-state index contributed by atoms with van der Waals surface area (Å²) in [7, 11) is 1.43. The minimum atomic E-state index is -0.160. The average molecular weight is 249 g/mol. The lowest BCUT2D eigenvalue weighted by Gasteiger charge is -2.40. The van der Waals surface area contributed by atoms with Crippen molar-refractivity contribution in [3.8, 4) is 5.75 Å². The Kier molecular flexibility index (Phi) is 4.07. The summed E-state index contributed by atoms with van der Waals surface area (Å²) in [5, 5.41) is 0. The van der Waals surface area contributed by atoms with E-state index in [1.165, 1.54) is 7.11 Å². The zero-order valence-corrected chi connectivity index (χ0v) is 10.9. The summed E-state index contributed by atoms with van der Waals surface area (Å²) in [4.78, 5) is 13.5. The smallest absolute Gasteiger partial charge is 0.328 e. The van der Waals surface area contributed by atoms with Crippen molar-refractivity contribution >= 4 is 11.7 Å². The second kappa shape index (κ2) is 5.76. The third-order valence-corrected chi connectivity index (χ3v) is 3.13. The van der Waals surface area contributed by atoms with Gasteiger partial charge in [0.05, 0.1) is 13.7 Å². The molecule has 1 unspecified atom stereocenters. The van der Waals surface area contributed by atoms with Crippen LogP contribution < -0.4 is 9.64 Å². The number of benzene rings is 1. The molecule has 1 aliphatic rings. The molecule has 0 N–H and O–H groups in total. The first-order valence-corrected chi connectivity index (χ1v) is 6.33. The minimum Gasteiger partial charge on any atom is -0.494 e. The van der Waals surface area contributed by atoms with Crippen molar-refractivity contribution in [1.82, 2.24) is 0 Å². The van der Waals surface area contributed by atoms with Gasteiger partial charge in [-0.1, -0.05) is 6.92 Å². The highest BCUT2D eigenvalue weighted by molar-refractivity contribution is 5.82. The van der Waals surface area contributed by atoms with Gasteiger partial charge in [-0.05, 0) is 37.1 Å². The fourth-order valence-corrected chi connectivity index (χ4v) is 2.03. The van der Waals surface area contributed by atoms with Gasteiger partial charge < -0.3 is 14.4 Å². The van der Waals surface area contributed by atoms with E-state index < -0.39 is 0 Å². The lowest BCUT2D eigenvalue weighted by atomic mass is 10.0. The van der Waals surface area contributed by atoms with Gasteiger partial charge in [-0.25, -0.2) is 4.79 Å². The van der Waals surface area contributed by atoms with E-state index in [2.05, 4.69) is 11.8 Å². The number of nitrogens with zero attached hydrogens (tertiary/aromatic N) is 1. The van der Waals surface area contributed by atoms with Crippen LogP contribution >= 0.6 is 0 Å². The van der Waals surface area contributed by atoms with E-state index in [1.807, 2.05) is 24.3 Å². The molecule has 0 saturated carbocycles. The molecule has 0 amide bonds. The monoisotopic (exact) mass is 249 g/mol. The van der Waals surface area contributed by atoms with Crippen molar-refractivity contribution in [2.45, 2.75) is 25.8 Å². The Labute approximate surface area is 107 Å². The molecule has 1 aromatic rings. The summed E-state index contributed by atoms with van der Waals surface area (Å²) < 4.78 is 10.3. The number of esters is 1. The van der Waals surface area contributed by atoms with Crippen molar-refractivity contribution in [3.63, 3.8) is 0 Å². The van der Waals surface area contributed by atoms with Gasteiger partial charge in [0.15, 0.2) is 0 Å². The summed E-state index contributed by atoms with van der Waals surface area (Å²) in [5.74, 6) is 0.711. The molecule has 98 valence electrons. The van der Waals surface area contributed by atoms with Crippen molar-refractivity contribution < 1.29 is 14.3 Å². The second-order valence-corrected chi connectivity index (χ2v) is 4.36. The summed E-state index contributed by atoms with van der Waals surface area (Å²) in [5.41, 5.74) is 1.04. The van der Waals surface area contributed by atoms with Crippen LogP contribution in [0.5, 0.6) is 5.75 Å². The Morgan fingerprint density at radius 2 is 2.11 bits per heavy atom. The van der Waals surface area contributed by atoms with Crippen LogP contribution in [0.1, 0.15) is 19.8 Å². The largest absolute Gasteiger partial charge is 0.494 e. The van der Waals surface area contributed by atoms with Crippen molar-refractivity contribution in [3.05, 3.63) is 24.3 Å². The van der Waals surface area contributed by atoms with Crippen LogP contribution in [0.3, 0.4) is 0 Å². The maximum Gasteiger partial charge on any atom is 0.328 e. The van der Waals surface area contributed by atoms with Gasteiger partial charge in [0.25, 0.3) is 0 Å². The maximum absolute atomic E-state index is 11.5. The van der Waals surface area contributed by atoms with Crippen LogP contribution in [0.2, 0.25) is 0 Å². The first-order valence-electron chi connectivity index (χ1n) is 6.33. The lowest BCUT2D eigenvalue weighted by Crippen LogP contribution is -2.53. The predicted octanol–water partition coefficient (Wildman–Crippen LogP) is 2.23. The zero-order chi connectivity index (χ0) is 13.0. The van der Waals surface area contributed by atoms with Crippen molar-refractivity contribution in [2.24, 2.45) is 0 Å². The number of ether oxygens (including phenoxy) is 2. The third kappa shape index (κ3) is 2.58. The maximum atomic E-state index is 11.5. The van der Waals surface area contributed by atoms with E-state index in [0.717, 1.165) is 37.4 Å². The second-order valence-electron chi connectivity index (χ2n) is 4.36. The van der Waals surface area contributed by atoms with Crippen LogP contribution in [-0.4, -0.2) is 32.3 Å². The molecule has 0 spiro atoms. The van der Waals surface area contributed by atoms with Gasteiger partial charge in [-0.3, -0.25) is 0 Å². The molecular weight excluding hydrogens is 230 g/mol. The van der Waals surface area contributed by atoms with E-state index in [4.69, 9.17) is 9.47 Å². The van der Waals surface area contributed by atoms with Crippen LogP contribution in [0, 0.1) is 0 Å². The van der Waals surface area contributed by atoms with E-state index in [0.29, 0.717) is 0 Å². The number of hydrogen-bond acceptors (Lipinski definition) is 4. The highest BCUT2D eigenvalue weighted by Crippen LogP contribution is 2.28. The van der Waals surface area contributed by atoms with Gasteiger partial charge in [-0.2, -0.15) is 0 Å². The average Bonchev–Trinajstić information content (AvgIpc) is 2.36. The number of hydrogen-bond donors (Lipinski definition) is 0. The Morgan fingerprint density at radius 3 is 2.61 bits per heavy atom. The molecule has 18 heavy (non-hydrogen) atoms. The van der Waals surface area contributed by atoms with Gasteiger partial charge in [-0.15, -0.1) is 0 Å². The molecule has 1 saturated heterocycles. The predicted molar refractivity (Wildman–Crippen MR) is 70.0 cm³/mol. The Bertz CT molecular complexity index is 402. The van der Waals surface area contributed by atoms with E-state index in [1.54, 1.807) is 0 Å². The number of carbonyl (C=O) groups excluding carboxylic acids is 1. The summed E-state index contributed by atoms with van der Waals surface area (Å²) in [6, 6.07) is 7.73. The molecule has 1 aromatic carbocycles. The standard InChI is InChI=1S/C14H19NO3/c1-3-10-18-12-6-4-11(5-7-12)15-9-8-13(15)14(16)17-2/h4-7,13H,3,8-10H2,1-2H3. The normalized spacial score (nSPS) is 18.1. The molecule has 0 bridgehead atoms. The highest BCUT2D eigenvalue weighted by atomic mass is 16.5. The minimum absolute atomic E-state index is 0.127. The van der Waals surface area contributed by atoms with Crippen molar-refractivity contribution in [2.75, 3.05) is 25.2 Å². The third-order valence-electron chi connectivity index (χ3n) is 3.13. The number of anilines is 1. The molecule has 4 heteroatoms. The fourth-order valence-electron chi connectivity index (χ4n) is 2.03. The van der Waals surface area contributed by atoms with Gasteiger partial charge >= 0.3 is 5.97 Å². The molecule has 1 aliphatic heterocycles. The van der Waals surface area contributed by atoms with Crippen LogP contribution in [-0.2, 0) is 9.53 Å². The summed E-state index contributed by atoms with van der Waals surface area (Å²) in [6.45, 7) is 3.71. The molecular formula is C14H19NO3. The number of rotatable bonds is 5. The van der Waals surface area contributed by atoms with E-state index >= 15 is 0 Å². The van der Waals surface area contributed by atoms with Gasteiger partial charge in [0, 0.05) is 12.2 Å². The molecule has 0 aromatic heterocycles. The number of carbonyl (C=O) groups is 1. The molecule has 0 radical (unpaired) electrons. The van der Waals surface area contributed by atoms with Crippen LogP contribution in [0.15, 0.2) is 24.3 Å². The van der Waals surface area contributed by atoms with Crippen molar-refractivity contribution in [1.29, 1.82) is 0 Å². The Morgan fingerprint density at radius 1 is 1.39 bits per heavy atom. The summed E-state index contributed by atoms with van der Waals surface area (Å²) in [6.07, 6.45) is 1.86. The first kappa shape index (κ1) is 12.7. The highest BCUT2D eigenvalue weighted by Gasteiger charge is 2.34. The van der Waals surface area contributed by atoms with Crippen LogP contribution in [0.25, 0.3) is 0 Å². The molecule has 4 nitrogen and oxygen atoms in total. The van der Waals surface area contributed by atoms with E-state index in [9.17, 15) is 4.79 Å². The van der Waals surface area contributed by atoms with E-state index in [-0.39, 0.29) is 12.0 Å². The van der Waals surface area contributed by atoms with Gasteiger partial charge in [0.1, 0.15) is 11.8 Å². The zero-order valence-electron chi connectivity index (χ0n) is 10.9. The van der Waals surface area contributed by atoms with Gasteiger partial charge in [0.2, 0.25) is 0 Å². The quantitative estimate of drug-likeness (QED) is 0.750. The molecule has 1 atom stereocenters. The Hall–Kier alpha value is -1.71. The van der Waals surface area contributed by atoms with Crippen LogP contribution in [0.4, 0.5) is 5.69 Å². The topological polar surface area (TPSA) is 38.8 Å². The fraction of sp³-hybridized carbons (Fsp3) is 0.500. The molecule has 1 fully saturated rings. The first-order chi connectivity index (χ1) is 8.76. The molecule has 2 rings (SSSR count). The number of methoxy groups -OCH3 is 1. The Balaban J connectivity index is 1.99. The summed E-state index contributed by atoms with van der Waals surface area (Å²) >= 11 is 0. The SMILES string of the molecule is CCCOc1ccc(N2CCC2C(=O)OC)cc1. The molecule has 0 aliphatic carbocycles. The molecule has 1 heterocycles.